The van der Waals surface area contributed by atoms with Crippen molar-refractivity contribution < 1.29 is 4.74 Å². The Morgan fingerprint density at radius 3 is 2.70 bits per heavy atom. The molecule has 2 aromatic rings. The molecule has 0 aliphatic carbocycles. The Hall–Kier alpha value is -2.03. The summed E-state index contributed by atoms with van der Waals surface area (Å²) in [5, 5.41) is 8.59. The molecule has 0 unspecified atom stereocenters. The molecule has 0 bridgehead atoms. The maximum absolute atomic E-state index is 8.59. The third-order valence-electron chi connectivity index (χ3n) is 2.60. The lowest BCUT2D eigenvalue weighted by atomic mass is 10.2. The lowest BCUT2D eigenvalue weighted by Crippen LogP contribution is -2.21. The molecule has 20 heavy (non-hydrogen) atoms. The summed E-state index contributed by atoms with van der Waals surface area (Å²) in [5.41, 5.74) is 8.20. The second-order valence-corrected chi connectivity index (χ2v) is 4.96. The Bertz CT molecular complexity index is 596. The van der Waals surface area contributed by atoms with E-state index in [0.717, 1.165) is 15.7 Å². The number of benzene rings is 2. The zero-order valence-electron chi connectivity index (χ0n) is 10.8. The van der Waals surface area contributed by atoms with E-state index in [1.807, 2.05) is 54.6 Å². The van der Waals surface area contributed by atoms with E-state index in [4.69, 9.17) is 10.00 Å². The smallest absolute Gasteiger partial charge is 0.174 e. The molecule has 0 aromatic heterocycles. The van der Waals surface area contributed by atoms with Gasteiger partial charge in [-0.2, -0.15) is 5.26 Å². The van der Waals surface area contributed by atoms with Crippen LogP contribution in [-0.4, -0.2) is 6.61 Å². The van der Waals surface area contributed by atoms with Gasteiger partial charge in [-0.1, -0.05) is 34.1 Å². The molecule has 0 saturated heterocycles. The topological polar surface area (TPSA) is 57.1 Å². The van der Waals surface area contributed by atoms with Gasteiger partial charge in [-0.3, -0.25) is 0 Å². The van der Waals surface area contributed by atoms with Gasteiger partial charge in [0, 0.05) is 22.3 Å². The van der Waals surface area contributed by atoms with Crippen LogP contribution in [0.3, 0.4) is 0 Å². The van der Waals surface area contributed by atoms with Crippen LogP contribution in [-0.2, 0) is 6.54 Å². The molecule has 0 aliphatic rings. The minimum Gasteiger partial charge on any atom is -0.478 e. The van der Waals surface area contributed by atoms with E-state index in [9.17, 15) is 0 Å². The van der Waals surface area contributed by atoms with Crippen molar-refractivity contribution in [2.45, 2.75) is 6.54 Å². The van der Waals surface area contributed by atoms with Gasteiger partial charge in [0.1, 0.15) is 11.8 Å². The molecule has 0 atom stereocenters. The van der Waals surface area contributed by atoms with Gasteiger partial charge in [0.2, 0.25) is 0 Å². The fourth-order valence-corrected chi connectivity index (χ4v) is 2.11. The molecule has 2 aromatic carbocycles. The van der Waals surface area contributed by atoms with E-state index in [1.54, 1.807) is 0 Å². The highest BCUT2D eigenvalue weighted by Crippen LogP contribution is 2.23. The molecule has 102 valence electrons. The average Bonchev–Trinajstić information content (AvgIpc) is 2.47. The summed E-state index contributed by atoms with van der Waals surface area (Å²) in [6.07, 6.45) is 0. The minimum atomic E-state index is 0.0424. The molecule has 0 radical (unpaired) electrons. The Kier molecular flexibility index (Phi) is 5.42. The number of nitrogens with one attached hydrogen (secondary N) is 2. The van der Waals surface area contributed by atoms with Crippen LogP contribution < -0.4 is 15.6 Å². The summed E-state index contributed by atoms with van der Waals surface area (Å²) in [4.78, 5) is 0. The van der Waals surface area contributed by atoms with Crippen molar-refractivity contribution in [2.24, 2.45) is 0 Å². The molecule has 0 fully saturated rings. The van der Waals surface area contributed by atoms with Gasteiger partial charge in [0.05, 0.1) is 0 Å². The summed E-state index contributed by atoms with van der Waals surface area (Å²) in [7, 11) is 0. The molecule has 2 rings (SSSR count). The van der Waals surface area contributed by atoms with Crippen LogP contribution in [0.25, 0.3) is 0 Å². The van der Waals surface area contributed by atoms with Gasteiger partial charge in [0.25, 0.3) is 0 Å². The van der Waals surface area contributed by atoms with Gasteiger partial charge in [-0.05, 0) is 30.3 Å². The molecule has 0 amide bonds. The van der Waals surface area contributed by atoms with E-state index in [1.165, 1.54) is 0 Å². The average molecular weight is 332 g/mol. The third kappa shape index (κ3) is 4.26. The molecule has 5 heteroatoms. The second kappa shape index (κ2) is 7.53. The standard InChI is InChI=1S/C15H14BrN3O/c16-13-6-7-15(20-9-8-17)12(10-13)11-18-19-14-4-2-1-3-5-14/h1-7,10,18-19H,9,11H2. The summed E-state index contributed by atoms with van der Waals surface area (Å²) < 4.78 is 6.37. The van der Waals surface area contributed by atoms with Crippen molar-refractivity contribution in [3.05, 3.63) is 58.6 Å². The van der Waals surface area contributed by atoms with Crippen molar-refractivity contribution >= 4 is 21.6 Å². The Balaban J connectivity index is 1.97. The van der Waals surface area contributed by atoms with Gasteiger partial charge in [0.15, 0.2) is 6.61 Å². The number of hydrogen-bond acceptors (Lipinski definition) is 4. The summed E-state index contributed by atoms with van der Waals surface area (Å²) in [5.74, 6) is 0.706. The number of hydrazine groups is 1. The highest BCUT2D eigenvalue weighted by Gasteiger charge is 2.04. The van der Waals surface area contributed by atoms with Crippen LogP contribution in [0.5, 0.6) is 5.75 Å². The largest absolute Gasteiger partial charge is 0.478 e. The normalized spacial score (nSPS) is 9.80. The predicted octanol–water partition coefficient (Wildman–Crippen LogP) is 3.47. The van der Waals surface area contributed by atoms with Gasteiger partial charge in [-0.15, -0.1) is 0 Å². The molecule has 4 nitrogen and oxygen atoms in total. The third-order valence-corrected chi connectivity index (χ3v) is 3.09. The SMILES string of the molecule is N#CCOc1ccc(Br)cc1CNNc1ccccc1. The van der Waals surface area contributed by atoms with E-state index in [2.05, 4.69) is 26.8 Å². The van der Waals surface area contributed by atoms with Crippen molar-refractivity contribution in [2.75, 3.05) is 12.0 Å². The summed E-state index contributed by atoms with van der Waals surface area (Å²) in [6.45, 7) is 0.621. The number of nitriles is 1. The van der Waals surface area contributed by atoms with Crippen molar-refractivity contribution in [3.63, 3.8) is 0 Å². The van der Waals surface area contributed by atoms with Crippen LogP contribution in [0.4, 0.5) is 5.69 Å². The van der Waals surface area contributed by atoms with Crippen LogP contribution in [0.15, 0.2) is 53.0 Å². The minimum absolute atomic E-state index is 0.0424. The van der Waals surface area contributed by atoms with Crippen molar-refractivity contribution in [1.29, 1.82) is 5.26 Å². The van der Waals surface area contributed by atoms with E-state index in [0.29, 0.717) is 12.3 Å². The Morgan fingerprint density at radius 2 is 1.95 bits per heavy atom. The number of halogens is 1. The molecular weight excluding hydrogens is 318 g/mol. The molecule has 0 spiro atoms. The fraction of sp³-hybridized carbons (Fsp3) is 0.133. The van der Waals surface area contributed by atoms with Crippen molar-refractivity contribution in [1.82, 2.24) is 5.43 Å². The molecule has 2 N–H and O–H groups in total. The van der Waals surface area contributed by atoms with Crippen molar-refractivity contribution in [3.8, 4) is 11.8 Å². The predicted molar refractivity (Wildman–Crippen MR) is 82.2 cm³/mol. The number of anilines is 1. The highest BCUT2D eigenvalue weighted by atomic mass is 79.9. The molecule has 0 saturated carbocycles. The lowest BCUT2D eigenvalue weighted by molar-refractivity contribution is 0.363. The molecular formula is C15H14BrN3O. The number of hydrogen-bond donors (Lipinski definition) is 2. The monoisotopic (exact) mass is 331 g/mol. The quantitative estimate of drug-likeness (QED) is 0.796. The number of nitrogens with zero attached hydrogens (tertiary/aromatic N) is 1. The second-order valence-electron chi connectivity index (χ2n) is 4.04. The van der Waals surface area contributed by atoms with E-state index < -0.39 is 0 Å². The molecule has 0 heterocycles. The fourth-order valence-electron chi connectivity index (χ4n) is 1.70. The number of rotatable bonds is 6. The van der Waals surface area contributed by atoms with Gasteiger partial charge < -0.3 is 10.2 Å². The first kappa shape index (κ1) is 14.4. The maximum Gasteiger partial charge on any atom is 0.174 e. The first-order valence-corrected chi connectivity index (χ1v) is 6.91. The molecule has 0 aliphatic heterocycles. The zero-order chi connectivity index (χ0) is 14.2. The lowest BCUT2D eigenvalue weighted by Gasteiger charge is -2.12. The first-order chi connectivity index (χ1) is 9.79. The number of ether oxygens (including phenoxy) is 1. The first-order valence-electron chi connectivity index (χ1n) is 6.11. The summed E-state index contributed by atoms with van der Waals surface area (Å²) >= 11 is 3.43. The van der Waals surface area contributed by atoms with E-state index >= 15 is 0 Å². The highest BCUT2D eigenvalue weighted by molar-refractivity contribution is 9.10. The van der Waals surface area contributed by atoms with Gasteiger partial charge in [-0.25, -0.2) is 5.43 Å². The van der Waals surface area contributed by atoms with Crippen LogP contribution in [0.2, 0.25) is 0 Å². The number of para-hydroxylation sites is 1. The van der Waals surface area contributed by atoms with Gasteiger partial charge >= 0.3 is 0 Å². The Morgan fingerprint density at radius 1 is 1.15 bits per heavy atom. The summed E-state index contributed by atoms with van der Waals surface area (Å²) in [6, 6.07) is 17.5. The van der Waals surface area contributed by atoms with Crippen LogP contribution in [0, 0.1) is 11.3 Å². The van der Waals surface area contributed by atoms with Crippen LogP contribution in [0.1, 0.15) is 5.56 Å². The zero-order valence-corrected chi connectivity index (χ0v) is 12.4. The van der Waals surface area contributed by atoms with E-state index in [-0.39, 0.29) is 6.61 Å². The van der Waals surface area contributed by atoms with Crippen LogP contribution >= 0.6 is 15.9 Å². The Labute approximate surface area is 126 Å². The maximum atomic E-state index is 8.59.